The zero-order valence-electron chi connectivity index (χ0n) is 22.0. The Morgan fingerprint density at radius 2 is 1.68 bits per heavy atom. The van der Waals surface area contributed by atoms with Gasteiger partial charge in [0.2, 0.25) is 0 Å². The van der Waals surface area contributed by atoms with E-state index in [1.165, 1.54) is 17.0 Å². The fraction of sp³-hybridized carbons (Fsp3) is 0.310. The van der Waals surface area contributed by atoms with Gasteiger partial charge in [-0.05, 0) is 41.0 Å². The molecule has 2 amide bonds. The van der Waals surface area contributed by atoms with Crippen LogP contribution in [0.2, 0.25) is 0 Å². The molecule has 3 aromatic carbocycles. The van der Waals surface area contributed by atoms with Crippen LogP contribution in [0.5, 0.6) is 5.75 Å². The van der Waals surface area contributed by atoms with Crippen molar-refractivity contribution in [2.45, 2.75) is 37.3 Å². The maximum Gasteiger partial charge on any atom is 0.411 e. The highest BCUT2D eigenvalue weighted by atomic mass is 32.2. The van der Waals surface area contributed by atoms with Crippen LogP contribution in [-0.2, 0) is 37.0 Å². The van der Waals surface area contributed by atoms with E-state index in [0.29, 0.717) is 11.3 Å². The molecule has 0 unspecified atom stereocenters. The van der Waals surface area contributed by atoms with E-state index < -0.39 is 39.7 Å². The zero-order chi connectivity index (χ0) is 28.5. The number of β-lactam (4-membered cyclic amide) rings is 1. The molecule has 0 radical (unpaired) electrons. The summed E-state index contributed by atoms with van der Waals surface area (Å²) in [6.45, 7) is 0.00640. The topological polar surface area (TPSA) is 102 Å². The molecule has 0 bridgehead atoms. The molecule has 2 aliphatic rings. The van der Waals surface area contributed by atoms with Crippen LogP contribution in [0, 0.1) is 5.82 Å². The van der Waals surface area contributed by atoms with Gasteiger partial charge in [0, 0.05) is 13.0 Å². The average molecular weight is 569 g/mol. The first kappa shape index (κ1) is 27.6. The summed E-state index contributed by atoms with van der Waals surface area (Å²) in [5, 5.41) is 0. The Hall–Kier alpha value is -3.96. The minimum atomic E-state index is -3.89. The van der Waals surface area contributed by atoms with Crippen LogP contribution in [-0.4, -0.2) is 61.8 Å². The van der Waals surface area contributed by atoms with Gasteiger partial charge in [-0.15, -0.1) is 0 Å². The van der Waals surface area contributed by atoms with Crippen LogP contribution in [0.25, 0.3) is 0 Å². The number of hydrogen-bond donors (Lipinski definition) is 0. The lowest BCUT2D eigenvalue weighted by Gasteiger charge is -2.57. The van der Waals surface area contributed by atoms with Gasteiger partial charge in [-0.3, -0.25) is 13.9 Å². The van der Waals surface area contributed by atoms with E-state index >= 15 is 0 Å². The Morgan fingerprint density at radius 3 is 2.30 bits per heavy atom. The minimum absolute atomic E-state index is 0.0329. The molecule has 3 aromatic rings. The van der Waals surface area contributed by atoms with Crippen molar-refractivity contribution in [3.05, 3.63) is 101 Å². The van der Waals surface area contributed by atoms with Gasteiger partial charge in [-0.25, -0.2) is 9.18 Å². The molecule has 2 aliphatic heterocycles. The summed E-state index contributed by atoms with van der Waals surface area (Å²) in [5.74, 6) is -0.169. The normalized spacial score (nSPS) is 22.3. The van der Waals surface area contributed by atoms with Crippen molar-refractivity contribution >= 4 is 22.1 Å². The molecule has 0 N–H and O–H groups in total. The Balaban J connectivity index is 1.50. The Morgan fingerprint density at radius 1 is 1.00 bits per heavy atom. The second-order valence-electron chi connectivity index (χ2n) is 9.94. The first-order valence-corrected chi connectivity index (χ1v) is 14.5. The van der Waals surface area contributed by atoms with Gasteiger partial charge in [0.15, 0.2) is 5.54 Å². The quantitative estimate of drug-likeness (QED) is 0.299. The first-order valence-electron chi connectivity index (χ1n) is 12.7. The number of methoxy groups -OCH3 is 1. The molecule has 0 aromatic heterocycles. The molecule has 3 atom stereocenters. The minimum Gasteiger partial charge on any atom is -0.497 e. The van der Waals surface area contributed by atoms with E-state index in [1.807, 2.05) is 30.3 Å². The number of halogens is 1. The fourth-order valence-corrected chi connectivity index (χ4v) is 6.19. The fourth-order valence-electron chi connectivity index (χ4n) is 5.56. The lowest BCUT2D eigenvalue weighted by atomic mass is 9.72. The Kier molecular flexibility index (Phi) is 7.52. The molecule has 2 fully saturated rings. The number of benzene rings is 3. The third-order valence-corrected chi connectivity index (χ3v) is 7.86. The van der Waals surface area contributed by atoms with Crippen LogP contribution in [0.3, 0.4) is 0 Å². The molecule has 5 rings (SSSR count). The van der Waals surface area contributed by atoms with Crippen molar-refractivity contribution in [2.24, 2.45) is 0 Å². The smallest absolute Gasteiger partial charge is 0.411 e. The summed E-state index contributed by atoms with van der Waals surface area (Å²) in [5.41, 5.74) is 0.684. The summed E-state index contributed by atoms with van der Waals surface area (Å²) in [6.07, 6.45) is -0.880. The predicted octanol–water partition coefficient (Wildman–Crippen LogP) is 4.04. The van der Waals surface area contributed by atoms with Gasteiger partial charge in [0.1, 0.15) is 18.2 Å². The number of nitrogens with zero attached hydrogens (tertiary/aromatic N) is 2. The molecule has 1 spiro atoms. The van der Waals surface area contributed by atoms with Crippen LogP contribution >= 0.6 is 0 Å². The Bertz CT molecular complexity index is 1480. The van der Waals surface area contributed by atoms with Crippen LogP contribution in [0.1, 0.15) is 29.2 Å². The van der Waals surface area contributed by atoms with Crippen molar-refractivity contribution < 1.29 is 36.1 Å². The van der Waals surface area contributed by atoms with Gasteiger partial charge in [0.25, 0.3) is 16.0 Å². The third kappa shape index (κ3) is 5.39. The zero-order valence-corrected chi connectivity index (χ0v) is 22.8. The maximum absolute atomic E-state index is 14.0. The van der Waals surface area contributed by atoms with Crippen molar-refractivity contribution in [2.75, 3.05) is 19.9 Å². The molecule has 9 nitrogen and oxygen atoms in total. The van der Waals surface area contributed by atoms with Gasteiger partial charge in [0.05, 0.1) is 32.1 Å². The monoisotopic (exact) mass is 568 g/mol. The number of rotatable bonds is 8. The van der Waals surface area contributed by atoms with Crippen molar-refractivity contribution in [3.63, 3.8) is 0 Å². The molecule has 210 valence electrons. The van der Waals surface area contributed by atoms with Crippen molar-refractivity contribution in [1.29, 1.82) is 0 Å². The van der Waals surface area contributed by atoms with Crippen molar-refractivity contribution in [1.82, 2.24) is 9.80 Å². The van der Waals surface area contributed by atoms with E-state index in [-0.39, 0.29) is 32.0 Å². The van der Waals surface area contributed by atoms with Crippen LogP contribution < -0.4 is 4.74 Å². The second kappa shape index (κ2) is 10.9. The molecule has 0 aliphatic carbocycles. The lowest BCUT2D eigenvalue weighted by molar-refractivity contribution is -0.174. The molecule has 0 saturated carbocycles. The van der Waals surface area contributed by atoms with Crippen molar-refractivity contribution in [3.8, 4) is 5.75 Å². The lowest BCUT2D eigenvalue weighted by Crippen LogP contribution is -2.73. The number of likely N-dealkylation sites (tertiary alicyclic amines) is 2. The standard InChI is InChI=1S/C29H29FN2O7S/c1-37-24-14-8-20(9-15-24)17-31-26(22-10-12-23(30)13-11-22)29(27(31)33)16-25(39-40(2,35)36)18-32(29)28(34)38-19-21-6-4-3-5-7-21/h3-15,25-26H,16-19H2,1-2H3/t25-,26-,29+/m1/s1. The number of hydrogen-bond acceptors (Lipinski definition) is 7. The predicted molar refractivity (Wildman–Crippen MR) is 143 cm³/mol. The van der Waals surface area contributed by atoms with E-state index in [1.54, 1.807) is 48.4 Å². The van der Waals surface area contributed by atoms with E-state index in [2.05, 4.69) is 0 Å². The van der Waals surface area contributed by atoms with Gasteiger partial charge < -0.3 is 14.4 Å². The molecule has 11 heteroatoms. The third-order valence-electron chi connectivity index (χ3n) is 7.24. The largest absolute Gasteiger partial charge is 0.497 e. The molecular formula is C29H29FN2O7S. The summed E-state index contributed by atoms with van der Waals surface area (Å²) < 4.78 is 54.0. The first-order chi connectivity index (χ1) is 19.1. The number of amides is 2. The molecule has 2 heterocycles. The maximum atomic E-state index is 14.0. The Labute approximate surface area is 232 Å². The van der Waals surface area contributed by atoms with E-state index in [0.717, 1.165) is 17.4 Å². The molecular weight excluding hydrogens is 539 g/mol. The highest BCUT2D eigenvalue weighted by molar-refractivity contribution is 7.86. The summed E-state index contributed by atoms with van der Waals surface area (Å²) >= 11 is 0. The summed E-state index contributed by atoms with van der Waals surface area (Å²) in [7, 11) is -2.33. The molecule has 40 heavy (non-hydrogen) atoms. The van der Waals surface area contributed by atoms with E-state index in [4.69, 9.17) is 13.7 Å². The van der Waals surface area contributed by atoms with Crippen LogP contribution in [0.15, 0.2) is 78.9 Å². The number of carbonyl (C=O) groups is 2. The highest BCUT2D eigenvalue weighted by Gasteiger charge is 2.69. The number of carbonyl (C=O) groups excluding carboxylic acids is 2. The SMILES string of the molecule is COc1ccc(CN2C(=O)[C@]3(C[C@@H](OS(C)(=O)=O)CN3C(=O)OCc3ccccc3)[C@H]2c2ccc(F)cc2)cc1. The van der Waals surface area contributed by atoms with Gasteiger partial charge >= 0.3 is 6.09 Å². The number of ether oxygens (including phenoxy) is 2. The summed E-state index contributed by atoms with van der Waals surface area (Å²) in [4.78, 5) is 30.4. The second-order valence-corrected chi connectivity index (χ2v) is 11.5. The van der Waals surface area contributed by atoms with Crippen LogP contribution in [0.4, 0.5) is 9.18 Å². The van der Waals surface area contributed by atoms with Gasteiger partial charge in [-0.2, -0.15) is 8.42 Å². The highest BCUT2D eigenvalue weighted by Crippen LogP contribution is 2.54. The summed E-state index contributed by atoms with van der Waals surface area (Å²) in [6, 6.07) is 21.3. The van der Waals surface area contributed by atoms with Gasteiger partial charge in [-0.1, -0.05) is 54.6 Å². The molecule has 2 saturated heterocycles. The van der Waals surface area contributed by atoms with E-state index in [9.17, 15) is 22.4 Å². The average Bonchev–Trinajstić information content (AvgIpc) is 3.33.